The standard InChI is InChI=1S/C19H28ClN5O.HI/c1-21-19(22-9-3-6-18(26)23-16-7-8-16)25-12-10-24(11-13-25)17-5-2-4-15(20)14-17;/h2,4-5,14,16H,3,6-13H2,1H3,(H,21,22)(H,23,26);1H. The molecule has 1 heterocycles. The maximum absolute atomic E-state index is 11.7. The molecular formula is C19H29ClIN5O. The van der Waals surface area contributed by atoms with Crippen LogP contribution in [0.5, 0.6) is 0 Å². The van der Waals surface area contributed by atoms with E-state index in [1.54, 1.807) is 0 Å². The van der Waals surface area contributed by atoms with Crippen LogP contribution in [0.25, 0.3) is 0 Å². The van der Waals surface area contributed by atoms with Gasteiger partial charge in [0.25, 0.3) is 0 Å². The molecule has 2 N–H and O–H groups in total. The van der Waals surface area contributed by atoms with Crippen molar-refractivity contribution in [3.05, 3.63) is 29.3 Å². The number of carbonyl (C=O) groups excluding carboxylic acids is 1. The zero-order valence-corrected chi connectivity index (χ0v) is 18.9. The van der Waals surface area contributed by atoms with Crippen LogP contribution >= 0.6 is 35.6 Å². The van der Waals surface area contributed by atoms with Crippen LogP contribution in [0.15, 0.2) is 29.3 Å². The van der Waals surface area contributed by atoms with Crippen molar-refractivity contribution in [1.29, 1.82) is 0 Å². The molecule has 1 aliphatic heterocycles. The number of piperazine rings is 1. The lowest BCUT2D eigenvalue weighted by Gasteiger charge is -2.37. The third-order valence-corrected chi connectivity index (χ3v) is 5.01. The molecule has 8 heteroatoms. The SMILES string of the molecule is CN=C(NCCCC(=O)NC1CC1)N1CCN(c2cccc(Cl)c2)CC1.I. The van der Waals surface area contributed by atoms with Gasteiger partial charge in [-0.1, -0.05) is 17.7 Å². The summed E-state index contributed by atoms with van der Waals surface area (Å²) in [5.41, 5.74) is 1.17. The lowest BCUT2D eigenvalue weighted by atomic mass is 10.2. The van der Waals surface area contributed by atoms with E-state index in [4.69, 9.17) is 11.6 Å². The molecule has 2 aliphatic rings. The van der Waals surface area contributed by atoms with Crippen LogP contribution in [0.2, 0.25) is 5.02 Å². The molecule has 0 atom stereocenters. The smallest absolute Gasteiger partial charge is 0.220 e. The number of benzene rings is 1. The van der Waals surface area contributed by atoms with Gasteiger partial charge in [0.15, 0.2) is 5.96 Å². The van der Waals surface area contributed by atoms with Gasteiger partial charge in [-0.3, -0.25) is 9.79 Å². The van der Waals surface area contributed by atoms with E-state index in [-0.39, 0.29) is 29.9 Å². The van der Waals surface area contributed by atoms with Gasteiger partial charge in [0.05, 0.1) is 0 Å². The Morgan fingerprint density at radius 1 is 1.26 bits per heavy atom. The van der Waals surface area contributed by atoms with Gasteiger partial charge in [-0.15, -0.1) is 24.0 Å². The van der Waals surface area contributed by atoms with Crippen LogP contribution < -0.4 is 15.5 Å². The number of hydrogen-bond acceptors (Lipinski definition) is 3. The Labute approximate surface area is 183 Å². The monoisotopic (exact) mass is 505 g/mol. The van der Waals surface area contributed by atoms with E-state index in [9.17, 15) is 4.79 Å². The number of carbonyl (C=O) groups is 1. The molecule has 0 bridgehead atoms. The number of halogens is 2. The molecule has 1 saturated carbocycles. The molecular weight excluding hydrogens is 477 g/mol. The summed E-state index contributed by atoms with van der Waals surface area (Å²) in [6.45, 7) is 4.46. The Bertz CT molecular complexity index is 645. The summed E-state index contributed by atoms with van der Waals surface area (Å²) in [5, 5.41) is 7.18. The first-order valence-electron chi connectivity index (χ1n) is 9.41. The Kier molecular flexibility index (Phi) is 8.95. The highest BCUT2D eigenvalue weighted by molar-refractivity contribution is 14.0. The second-order valence-electron chi connectivity index (χ2n) is 6.87. The summed E-state index contributed by atoms with van der Waals surface area (Å²) in [4.78, 5) is 20.7. The van der Waals surface area contributed by atoms with E-state index in [1.165, 1.54) is 5.69 Å². The largest absolute Gasteiger partial charge is 0.368 e. The van der Waals surface area contributed by atoms with E-state index in [1.807, 2.05) is 25.2 Å². The van der Waals surface area contributed by atoms with Crippen LogP contribution in [-0.2, 0) is 4.79 Å². The highest BCUT2D eigenvalue weighted by Crippen LogP contribution is 2.21. The molecule has 1 amide bonds. The topological polar surface area (TPSA) is 60.0 Å². The number of rotatable bonds is 6. The summed E-state index contributed by atoms with van der Waals surface area (Å²) in [6, 6.07) is 8.44. The van der Waals surface area contributed by atoms with Crippen molar-refractivity contribution in [3.63, 3.8) is 0 Å². The van der Waals surface area contributed by atoms with E-state index in [2.05, 4.69) is 31.5 Å². The lowest BCUT2D eigenvalue weighted by Crippen LogP contribution is -2.52. The fraction of sp³-hybridized carbons (Fsp3) is 0.579. The fourth-order valence-corrected chi connectivity index (χ4v) is 3.34. The third kappa shape index (κ3) is 7.03. The zero-order chi connectivity index (χ0) is 18.4. The van der Waals surface area contributed by atoms with Gasteiger partial charge >= 0.3 is 0 Å². The Morgan fingerprint density at radius 3 is 2.63 bits per heavy atom. The van der Waals surface area contributed by atoms with Crippen LogP contribution in [0.4, 0.5) is 5.69 Å². The predicted octanol–water partition coefficient (Wildman–Crippen LogP) is 2.71. The fourth-order valence-electron chi connectivity index (χ4n) is 3.16. The van der Waals surface area contributed by atoms with Crippen LogP contribution in [0, 0.1) is 0 Å². The molecule has 3 rings (SSSR count). The number of aliphatic imine (C=N–C) groups is 1. The molecule has 0 radical (unpaired) electrons. The van der Waals surface area contributed by atoms with Gasteiger partial charge < -0.3 is 20.4 Å². The molecule has 1 aliphatic carbocycles. The van der Waals surface area contributed by atoms with Crippen molar-refractivity contribution >= 4 is 53.1 Å². The van der Waals surface area contributed by atoms with Crippen molar-refractivity contribution in [1.82, 2.24) is 15.5 Å². The van der Waals surface area contributed by atoms with E-state index >= 15 is 0 Å². The first kappa shape index (κ1) is 22.1. The molecule has 1 aromatic carbocycles. The third-order valence-electron chi connectivity index (χ3n) is 4.77. The summed E-state index contributed by atoms with van der Waals surface area (Å²) >= 11 is 6.10. The van der Waals surface area contributed by atoms with Gasteiger partial charge in [-0.25, -0.2) is 0 Å². The number of amides is 1. The lowest BCUT2D eigenvalue weighted by molar-refractivity contribution is -0.121. The van der Waals surface area contributed by atoms with Crippen molar-refractivity contribution in [2.45, 2.75) is 31.7 Å². The van der Waals surface area contributed by atoms with Crippen molar-refractivity contribution in [2.75, 3.05) is 44.7 Å². The Hall–Kier alpha value is -1.22. The minimum absolute atomic E-state index is 0. The van der Waals surface area contributed by atoms with Crippen molar-refractivity contribution < 1.29 is 4.79 Å². The molecule has 1 saturated heterocycles. The van der Waals surface area contributed by atoms with Crippen LogP contribution in [0.1, 0.15) is 25.7 Å². The predicted molar refractivity (Wildman–Crippen MR) is 122 cm³/mol. The van der Waals surface area contributed by atoms with E-state index < -0.39 is 0 Å². The maximum atomic E-state index is 11.7. The minimum atomic E-state index is 0. The number of nitrogens with zero attached hydrogens (tertiary/aromatic N) is 3. The zero-order valence-electron chi connectivity index (χ0n) is 15.8. The summed E-state index contributed by atoms with van der Waals surface area (Å²) < 4.78 is 0. The van der Waals surface area contributed by atoms with Crippen LogP contribution in [0.3, 0.4) is 0 Å². The molecule has 27 heavy (non-hydrogen) atoms. The molecule has 0 unspecified atom stereocenters. The van der Waals surface area contributed by atoms with Gasteiger partial charge in [0.1, 0.15) is 0 Å². The van der Waals surface area contributed by atoms with Gasteiger partial charge in [-0.05, 0) is 37.5 Å². The Balaban J connectivity index is 0.00000261. The van der Waals surface area contributed by atoms with Gasteiger partial charge in [-0.2, -0.15) is 0 Å². The molecule has 150 valence electrons. The molecule has 2 fully saturated rings. The first-order valence-corrected chi connectivity index (χ1v) is 9.79. The highest BCUT2D eigenvalue weighted by Gasteiger charge is 2.23. The number of guanidine groups is 1. The van der Waals surface area contributed by atoms with Crippen molar-refractivity contribution in [3.8, 4) is 0 Å². The quantitative estimate of drug-likeness (QED) is 0.270. The molecule has 1 aromatic rings. The van der Waals surface area contributed by atoms with Crippen molar-refractivity contribution in [2.24, 2.45) is 4.99 Å². The van der Waals surface area contributed by atoms with Gasteiger partial charge in [0.2, 0.25) is 5.91 Å². The summed E-state index contributed by atoms with van der Waals surface area (Å²) in [6.07, 6.45) is 3.67. The minimum Gasteiger partial charge on any atom is -0.368 e. The summed E-state index contributed by atoms with van der Waals surface area (Å²) in [7, 11) is 1.81. The second-order valence-corrected chi connectivity index (χ2v) is 7.31. The summed E-state index contributed by atoms with van der Waals surface area (Å²) in [5.74, 6) is 1.08. The second kappa shape index (κ2) is 10.9. The highest BCUT2D eigenvalue weighted by atomic mass is 127. The van der Waals surface area contributed by atoms with E-state index in [0.717, 1.165) is 63.0 Å². The average Bonchev–Trinajstić information content (AvgIpc) is 3.46. The van der Waals surface area contributed by atoms with Gasteiger partial charge in [0, 0.05) is 62.9 Å². The maximum Gasteiger partial charge on any atom is 0.220 e. The average molecular weight is 506 g/mol. The number of nitrogens with one attached hydrogen (secondary N) is 2. The normalized spacial score (nSPS) is 17.3. The number of anilines is 1. The molecule has 6 nitrogen and oxygen atoms in total. The van der Waals surface area contributed by atoms with E-state index in [0.29, 0.717) is 12.5 Å². The first-order chi connectivity index (χ1) is 12.7. The molecule has 0 aromatic heterocycles. The Morgan fingerprint density at radius 2 is 2.00 bits per heavy atom. The number of hydrogen-bond donors (Lipinski definition) is 2. The molecule has 0 spiro atoms. The van der Waals surface area contributed by atoms with Crippen LogP contribution in [-0.4, -0.2) is 62.6 Å².